The van der Waals surface area contributed by atoms with Gasteiger partial charge in [0.1, 0.15) is 0 Å². The van der Waals surface area contributed by atoms with Crippen molar-refractivity contribution >= 4 is 17.8 Å². The zero-order valence-electron chi connectivity index (χ0n) is 19.2. The van der Waals surface area contributed by atoms with E-state index in [1.165, 1.54) is 23.4 Å². The molecule has 1 aliphatic heterocycles. The molecule has 1 N–H and O–H groups in total. The highest BCUT2D eigenvalue weighted by molar-refractivity contribution is 5.86. The van der Waals surface area contributed by atoms with Crippen molar-refractivity contribution in [1.82, 2.24) is 5.43 Å². The molecule has 1 heterocycles. The van der Waals surface area contributed by atoms with Crippen molar-refractivity contribution in [2.45, 2.75) is 65.1 Å². The Morgan fingerprint density at radius 3 is 2.66 bits per heavy atom. The number of hydrogen-bond acceptors (Lipinski definition) is 3. The Balaban J connectivity index is 1.72. The number of carbonyl (C=O) groups excluding carboxylic acids is 1. The number of hydrogen-bond donors (Lipinski definition) is 1. The topological polar surface area (TPSA) is 44.7 Å². The monoisotopic (exact) mass is 445 g/mol. The van der Waals surface area contributed by atoms with Gasteiger partial charge in [-0.3, -0.25) is 4.79 Å². The number of alkyl halides is 3. The van der Waals surface area contributed by atoms with Gasteiger partial charge in [-0.15, -0.1) is 0 Å². The lowest BCUT2D eigenvalue weighted by molar-refractivity contribution is -0.137. The van der Waals surface area contributed by atoms with Gasteiger partial charge in [0.2, 0.25) is 5.91 Å². The third-order valence-corrected chi connectivity index (χ3v) is 6.10. The SMILES string of the molecule is CCN1c2cc(C)c(/C=N\NC(=O)Cc3cccc(C(F)(F)F)c3)cc2C(C)CC1(C)C. The lowest BCUT2D eigenvalue weighted by Crippen LogP contribution is -2.48. The largest absolute Gasteiger partial charge is 0.416 e. The smallest absolute Gasteiger partial charge is 0.366 e. The number of hydrazone groups is 1. The van der Waals surface area contributed by atoms with E-state index in [0.29, 0.717) is 5.92 Å². The number of halogens is 3. The summed E-state index contributed by atoms with van der Waals surface area (Å²) in [7, 11) is 0. The van der Waals surface area contributed by atoms with E-state index in [-0.39, 0.29) is 17.5 Å². The van der Waals surface area contributed by atoms with Crippen LogP contribution >= 0.6 is 0 Å². The van der Waals surface area contributed by atoms with Crippen LogP contribution in [0.1, 0.15) is 67.9 Å². The number of rotatable bonds is 5. The van der Waals surface area contributed by atoms with Crippen LogP contribution in [-0.4, -0.2) is 24.2 Å². The number of nitrogens with zero attached hydrogens (tertiary/aromatic N) is 2. The lowest BCUT2D eigenvalue weighted by atomic mass is 9.79. The second-order valence-electron chi connectivity index (χ2n) is 9.10. The molecule has 0 saturated heterocycles. The van der Waals surface area contributed by atoms with Crippen LogP contribution in [0.15, 0.2) is 41.5 Å². The summed E-state index contributed by atoms with van der Waals surface area (Å²) in [6.45, 7) is 11.8. The number of benzene rings is 2. The van der Waals surface area contributed by atoms with Crippen LogP contribution < -0.4 is 10.3 Å². The molecule has 1 unspecified atom stereocenters. The van der Waals surface area contributed by atoms with Gasteiger partial charge in [0.15, 0.2) is 0 Å². The molecule has 0 saturated carbocycles. The van der Waals surface area contributed by atoms with Gasteiger partial charge in [-0.25, -0.2) is 5.43 Å². The molecular formula is C25H30F3N3O. The minimum atomic E-state index is -4.44. The predicted octanol–water partition coefficient (Wildman–Crippen LogP) is 5.82. The van der Waals surface area contributed by atoms with E-state index in [9.17, 15) is 18.0 Å². The van der Waals surface area contributed by atoms with Crippen molar-refractivity contribution in [2.24, 2.45) is 5.10 Å². The first-order valence-electron chi connectivity index (χ1n) is 10.8. The highest BCUT2D eigenvalue weighted by Gasteiger charge is 2.35. The Morgan fingerprint density at radius 1 is 1.28 bits per heavy atom. The fraction of sp³-hybridized carbons (Fsp3) is 0.440. The number of amides is 1. The molecule has 2 aromatic rings. The van der Waals surface area contributed by atoms with Gasteiger partial charge in [0, 0.05) is 17.8 Å². The maximum absolute atomic E-state index is 12.8. The van der Waals surface area contributed by atoms with Crippen LogP contribution in [0.25, 0.3) is 0 Å². The van der Waals surface area contributed by atoms with E-state index in [1.807, 2.05) is 6.92 Å². The van der Waals surface area contributed by atoms with E-state index in [0.717, 1.165) is 36.2 Å². The summed E-state index contributed by atoms with van der Waals surface area (Å²) in [6, 6.07) is 9.05. The molecule has 7 heteroatoms. The fourth-order valence-corrected chi connectivity index (χ4v) is 4.64. The summed E-state index contributed by atoms with van der Waals surface area (Å²) in [5, 5.41) is 4.05. The zero-order chi connectivity index (χ0) is 23.7. The molecule has 1 amide bonds. The van der Waals surface area contributed by atoms with Crippen molar-refractivity contribution in [3.05, 3.63) is 64.2 Å². The summed E-state index contributed by atoms with van der Waals surface area (Å²) in [5.74, 6) is -0.0745. The molecular weight excluding hydrogens is 415 g/mol. The highest BCUT2D eigenvalue weighted by Crippen LogP contribution is 2.44. The first-order valence-corrected chi connectivity index (χ1v) is 10.8. The summed E-state index contributed by atoms with van der Waals surface area (Å²) in [6.07, 6.45) is -1.97. The lowest BCUT2D eigenvalue weighted by Gasteiger charge is -2.47. The average Bonchev–Trinajstić information content (AvgIpc) is 2.68. The average molecular weight is 446 g/mol. The molecule has 0 aliphatic carbocycles. The van der Waals surface area contributed by atoms with E-state index in [2.05, 4.69) is 55.3 Å². The molecule has 2 aromatic carbocycles. The number of anilines is 1. The number of carbonyl (C=O) groups is 1. The molecule has 1 aliphatic rings. The van der Waals surface area contributed by atoms with Crippen LogP contribution in [0.2, 0.25) is 0 Å². The Hall–Kier alpha value is -2.83. The van der Waals surface area contributed by atoms with Crippen molar-refractivity contribution in [3.63, 3.8) is 0 Å². The molecule has 172 valence electrons. The molecule has 0 aromatic heterocycles. The predicted molar refractivity (Wildman–Crippen MR) is 122 cm³/mol. The molecule has 0 fully saturated rings. The van der Waals surface area contributed by atoms with Gasteiger partial charge >= 0.3 is 6.18 Å². The van der Waals surface area contributed by atoms with Crippen molar-refractivity contribution in [3.8, 4) is 0 Å². The van der Waals surface area contributed by atoms with Gasteiger partial charge in [-0.2, -0.15) is 18.3 Å². The van der Waals surface area contributed by atoms with E-state index in [1.54, 1.807) is 6.21 Å². The molecule has 1 atom stereocenters. The molecule has 32 heavy (non-hydrogen) atoms. The Kier molecular flexibility index (Phi) is 6.67. The molecule has 0 bridgehead atoms. The number of nitrogens with one attached hydrogen (secondary N) is 1. The van der Waals surface area contributed by atoms with Gasteiger partial charge in [0.05, 0.1) is 18.2 Å². The van der Waals surface area contributed by atoms with Gasteiger partial charge < -0.3 is 4.90 Å². The van der Waals surface area contributed by atoms with E-state index >= 15 is 0 Å². The van der Waals surface area contributed by atoms with Crippen LogP contribution in [0, 0.1) is 6.92 Å². The standard InChI is InChI=1S/C25H30F3N3O/c1-6-31-22-10-16(2)19(13-21(22)17(3)14-24(31,4)5)15-29-30-23(32)12-18-8-7-9-20(11-18)25(26,27)28/h7-11,13,15,17H,6,12,14H2,1-5H3,(H,30,32)/b29-15-. The Morgan fingerprint density at radius 2 is 2.00 bits per heavy atom. The minimum absolute atomic E-state index is 0.0839. The van der Waals surface area contributed by atoms with Crippen molar-refractivity contribution in [1.29, 1.82) is 0 Å². The van der Waals surface area contributed by atoms with Crippen LogP contribution in [0.3, 0.4) is 0 Å². The Labute approximate surface area is 187 Å². The van der Waals surface area contributed by atoms with Crippen LogP contribution in [-0.2, 0) is 17.4 Å². The van der Waals surface area contributed by atoms with E-state index < -0.39 is 17.6 Å². The van der Waals surface area contributed by atoms with Crippen molar-refractivity contribution < 1.29 is 18.0 Å². The molecule has 0 radical (unpaired) electrons. The highest BCUT2D eigenvalue weighted by atomic mass is 19.4. The van der Waals surface area contributed by atoms with Gasteiger partial charge in [0.25, 0.3) is 0 Å². The van der Waals surface area contributed by atoms with E-state index in [4.69, 9.17) is 0 Å². The van der Waals surface area contributed by atoms with Crippen molar-refractivity contribution in [2.75, 3.05) is 11.4 Å². The molecule has 4 nitrogen and oxygen atoms in total. The summed E-state index contributed by atoms with van der Waals surface area (Å²) in [5.41, 5.74) is 6.47. The Bertz CT molecular complexity index is 1030. The maximum atomic E-state index is 12.8. The summed E-state index contributed by atoms with van der Waals surface area (Å²) in [4.78, 5) is 14.6. The molecule has 0 spiro atoms. The number of aryl methyl sites for hydroxylation is 1. The second-order valence-corrected chi connectivity index (χ2v) is 9.10. The first-order chi connectivity index (χ1) is 14.9. The minimum Gasteiger partial charge on any atom is -0.366 e. The summed E-state index contributed by atoms with van der Waals surface area (Å²) >= 11 is 0. The van der Waals surface area contributed by atoms with Crippen LogP contribution in [0.4, 0.5) is 18.9 Å². The third-order valence-electron chi connectivity index (χ3n) is 6.10. The fourth-order valence-electron chi connectivity index (χ4n) is 4.64. The second kappa shape index (κ2) is 8.96. The molecule has 3 rings (SSSR count). The first kappa shape index (κ1) is 23.8. The summed E-state index contributed by atoms with van der Waals surface area (Å²) < 4.78 is 38.5. The zero-order valence-corrected chi connectivity index (χ0v) is 19.2. The number of fused-ring (bicyclic) bond motifs is 1. The third kappa shape index (κ3) is 5.14. The van der Waals surface area contributed by atoms with Gasteiger partial charge in [-0.1, -0.05) is 25.1 Å². The maximum Gasteiger partial charge on any atom is 0.416 e. The normalized spacial score (nSPS) is 18.0. The quantitative estimate of drug-likeness (QED) is 0.466. The van der Waals surface area contributed by atoms with Crippen LogP contribution in [0.5, 0.6) is 0 Å². The van der Waals surface area contributed by atoms with Gasteiger partial charge in [-0.05, 0) is 80.5 Å².